The summed E-state index contributed by atoms with van der Waals surface area (Å²) in [4.78, 5) is 31.5. The van der Waals surface area contributed by atoms with Gasteiger partial charge >= 0.3 is 17.4 Å². The second kappa shape index (κ2) is 7.73. The van der Waals surface area contributed by atoms with E-state index in [1.165, 1.54) is 23.1 Å². The van der Waals surface area contributed by atoms with Crippen LogP contribution in [0, 0.1) is 0 Å². The van der Waals surface area contributed by atoms with Crippen molar-refractivity contribution in [1.82, 2.24) is 10.1 Å². The maximum atomic E-state index is 13.0. The number of para-hydroxylation sites is 1. The van der Waals surface area contributed by atoms with Crippen molar-refractivity contribution in [3.63, 3.8) is 0 Å². The van der Waals surface area contributed by atoms with Crippen LogP contribution >= 0.6 is 23.1 Å². The summed E-state index contributed by atoms with van der Waals surface area (Å²) in [7, 11) is 0. The summed E-state index contributed by atoms with van der Waals surface area (Å²) in [6.07, 6.45) is 1.61. The van der Waals surface area contributed by atoms with Gasteiger partial charge in [-0.25, -0.2) is 4.90 Å². The van der Waals surface area contributed by atoms with Crippen LogP contribution in [0.25, 0.3) is 11.3 Å². The van der Waals surface area contributed by atoms with E-state index >= 15 is 0 Å². The quantitative estimate of drug-likeness (QED) is 0.397. The number of nitrogens with zero attached hydrogens (tertiary/aromatic N) is 3. The molecule has 1 aliphatic heterocycles. The number of benzene rings is 1. The summed E-state index contributed by atoms with van der Waals surface area (Å²) < 4.78 is 1.69. The molecule has 8 heteroatoms. The fourth-order valence-electron chi connectivity index (χ4n) is 3.31. The minimum absolute atomic E-state index is 0.0219. The lowest BCUT2D eigenvalue weighted by Gasteiger charge is -2.31. The average Bonchev–Trinajstić information content (AvgIpc) is 3.24. The number of fused-ring (bicyclic) bond motifs is 3. The van der Waals surface area contributed by atoms with Crippen LogP contribution < -0.4 is 15.1 Å². The smallest absolute Gasteiger partial charge is 0.291 e. The predicted molar refractivity (Wildman–Crippen MR) is 112 cm³/mol. The zero-order valence-corrected chi connectivity index (χ0v) is 16.9. The second-order valence-corrected chi connectivity index (χ2v) is 8.16. The number of aromatic amines is 1. The van der Waals surface area contributed by atoms with Gasteiger partial charge in [0, 0.05) is 17.3 Å². The summed E-state index contributed by atoms with van der Waals surface area (Å²) in [5, 5.41) is 7.17. The molecule has 0 radical (unpaired) electrons. The van der Waals surface area contributed by atoms with E-state index in [9.17, 15) is 9.59 Å². The minimum Gasteiger partial charge on any atom is -0.291 e. The fraction of sp³-hybridized carbons (Fsp3) is 0.200. The summed E-state index contributed by atoms with van der Waals surface area (Å²) in [6, 6.07) is 11.4. The zero-order chi connectivity index (χ0) is 19.7. The minimum atomic E-state index is -0.497. The maximum Gasteiger partial charge on any atom is 0.325 e. The number of hydrogen-bond acceptors (Lipinski definition) is 5. The Morgan fingerprint density at radius 2 is 2.21 bits per heavy atom. The Kier molecular flexibility index (Phi) is 5.15. The van der Waals surface area contributed by atoms with Crippen molar-refractivity contribution >= 4 is 34.7 Å². The Morgan fingerprint density at radius 3 is 2.93 bits per heavy atom. The fourth-order valence-corrected chi connectivity index (χ4v) is 4.70. The molecule has 1 aromatic carbocycles. The van der Waals surface area contributed by atoms with Gasteiger partial charge < -0.3 is 0 Å². The van der Waals surface area contributed by atoms with Crippen LogP contribution in [0.1, 0.15) is 24.4 Å². The molecule has 0 saturated heterocycles. The van der Waals surface area contributed by atoms with E-state index in [0.29, 0.717) is 28.6 Å². The Bertz CT molecular complexity index is 1090. The van der Waals surface area contributed by atoms with Gasteiger partial charge in [0.25, 0.3) is 0 Å². The number of carbonyl (C=O) groups is 1. The summed E-state index contributed by atoms with van der Waals surface area (Å²) in [6.45, 7) is 5.56. The number of anilines is 1. The van der Waals surface area contributed by atoms with Gasteiger partial charge in [-0.1, -0.05) is 43.0 Å². The molecule has 0 bridgehead atoms. The van der Waals surface area contributed by atoms with Gasteiger partial charge in [-0.15, -0.1) is 17.9 Å². The molecule has 3 heterocycles. The number of thioether (sulfide) groups is 1. The molecule has 142 valence electrons. The lowest BCUT2D eigenvalue weighted by molar-refractivity contribution is -0.762. The van der Waals surface area contributed by atoms with Crippen LogP contribution in [0.4, 0.5) is 5.69 Å². The van der Waals surface area contributed by atoms with E-state index in [1.54, 1.807) is 15.7 Å². The molecule has 28 heavy (non-hydrogen) atoms. The normalized spacial score (nSPS) is 15.0. The molecule has 0 spiro atoms. The highest BCUT2D eigenvalue weighted by Gasteiger charge is 2.45. The molecule has 0 fully saturated rings. The standard InChI is InChI=1S/C20H18N4O2S2/c1-3-11-28-20-21-18(26)17-13-8-5-6-9-14(13)23(16(25)4-2)19(24(17)22-20)15-10-7-12-27-15/h3,5-10,12,19H,1,4,11H2,2H3/p+1/t19-/m1/s1. The molecule has 2 aromatic heterocycles. The van der Waals surface area contributed by atoms with E-state index in [-0.39, 0.29) is 11.5 Å². The Hall–Kier alpha value is -2.71. The second-order valence-electron chi connectivity index (χ2n) is 6.18. The molecule has 0 unspecified atom stereocenters. The van der Waals surface area contributed by atoms with Crippen LogP contribution in [0.15, 0.2) is 64.4 Å². The van der Waals surface area contributed by atoms with Gasteiger partial charge in [0.05, 0.1) is 16.1 Å². The first-order valence-corrected chi connectivity index (χ1v) is 10.8. The molecule has 1 N–H and O–H groups in total. The Morgan fingerprint density at radius 1 is 1.39 bits per heavy atom. The zero-order valence-electron chi connectivity index (χ0n) is 15.3. The molecule has 1 amide bonds. The van der Waals surface area contributed by atoms with Crippen molar-refractivity contribution in [1.29, 1.82) is 0 Å². The van der Waals surface area contributed by atoms with Crippen molar-refractivity contribution in [2.75, 3.05) is 10.7 Å². The monoisotopic (exact) mass is 411 g/mol. The van der Waals surface area contributed by atoms with Gasteiger partial charge in [-0.3, -0.25) is 14.6 Å². The van der Waals surface area contributed by atoms with Crippen LogP contribution in [0.5, 0.6) is 0 Å². The van der Waals surface area contributed by atoms with Crippen molar-refractivity contribution in [2.45, 2.75) is 24.7 Å². The van der Waals surface area contributed by atoms with E-state index in [1.807, 2.05) is 48.7 Å². The molecule has 6 nitrogen and oxygen atoms in total. The van der Waals surface area contributed by atoms with E-state index < -0.39 is 6.17 Å². The van der Waals surface area contributed by atoms with E-state index in [4.69, 9.17) is 5.10 Å². The predicted octanol–water partition coefficient (Wildman–Crippen LogP) is 3.37. The van der Waals surface area contributed by atoms with Crippen molar-refractivity contribution in [2.24, 2.45) is 0 Å². The molecule has 0 aliphatic carbocycles. The summed E-state index contributed by atoms with van der Waals surface area (Å²) in [5.41, 5.74) is 1.66. The first-order valence-electron chi connectivity index (χ1n) is 8.90. The van der Waals surface area contributed by atoms with E-state index in [0.717, 1.165) is 10.6 Å². The number of H-pyrrole nitrogens is 1. The van der Waals surface area contributed by atoms with Crippen LogP contribution in [0.2, 0.25) is 0 Å². The van der Waals surface area contributed by atoms with Gasteiger partial charge in [0.1, 0.15) is 0 Å². The third-order valence-corrected chi connectivity index (χ3v) is 6.24. The van der Waals surface area contributed by atoms with Gasteiger partial charge in [0.15, 0.2) is 0 Å². The number of rotatable bonds is 5. The lowest BCUT2D eigenvalue weighted by atomic mass is 10.0. The number of thiophene rings is 1. The van der Waals surface area contributed by atoms with Crippen LogP contribution in [-0.4, -0.2) is 21.7 Å². The highest BCUT2D eigenvalue weighted by Crippen LogP contribution is 2.38. The summed E-state index contributed by atoms with van der Waals surface area (Å²) >= 11 is 2.94. The Balaban J connectivity index is 2.02. The molecule has 0 saturated carbocycles. The third kappa shape index (κ3) is 3.08. The molecule has 4 rings (SSSR count). The first kappa shape index (κ1) is 18.6. The number of aromatic nitrogens is 3. The van der Waals surface area contributed by atoms with Crippen molar-refractivity contribution in [3.05, 3.63) is 69.7 Å². The molecule has 1 aliphatic rings. The van der Waals surface area contributed by atoms with Crippen molar-refractivity contribution in [3.8, 4) is 11.3 Å². The van der Waals surface area contributed by atoms with Gasteiger partial charge in [-0.05, 0) is 28.3 Å². The number of carbonyl (C=O) groups excluding carboxylic acids is 1. The number of amides is 1. The van der Waals surface area contributed by atoms with Gasteiger partial charge in [-0.2, -0.15) is 0 Å². The largest absolute Gasteiger partial charge is 0.325 e. The van der Waals surface area contributed by atoms with Crippen LogP contribution in [-0.2, 0) is 4.79 Å². The first-order chi connectivity index (χ1) is 13.7. The number of nitrogens with one attached hydrogen (secondary N) is 1. The van der Waals surface area contributed by atoms with Crippen molar-refractivity contribution < 1.29 is 9.48 Å². The van der Waals surface area contributed by atoms with E-state index in [2.05, 4.69) is 11.6 Å². The highest BCUT2D eigenvalue weighted by molar-refractivity contribution is 7.99. The topological polar surface area (TPSA) is 69.9 Å². The number of hydrogen-bond donors (Lipinski definition) is 1. The Labute approximate surface area is 170 Å². The highest BCUT2D eigenvalue weighted by atomic mass is 32.2. The van der Waals surface area contributed by atoms with Gasteiger partial charge in [0.2, 0.25) is 11.1 Å². The summed E-state index contributed by atoms with van der Waals surface area (Å²) in [5.74, 6) is 0.603. The third-order valence-electron chi connectivity index (χ3n) is 4.46. The molecular weight excluding hydrogens is 392 g/mol. The average molecular weight is 412 g/mol. The lowest BCUT2D eigenvalue weighted by Crippen LogP contribution is -2.60. The van der Waals surface area contributed by atoms with Crippen LogP contribution in [0.3, 0.4) is 0 Å². The SMILES string of the molecule is C=CCSc1n[n+]2c(c(=O)[nH]1)-c1ccccc1N(C(=O)CC)[C@H]2c1cccs1. The molecule has 1 atom stereocenters. The molecular formula is C20H19N4O2S2+. The molecule has 3 aromatic rings. The maximum absolute atomic E-state index is 13.0.